The molecule has 18 heavy (non-hydrogen) atoms. The van der Waals surface area contributed by atoms with Gasteiger partial charge in [-0.25, -0.2) is 4.98 Å². The van der Waals surface area contributed by atoms with E-state index in [-0.39, 0.29) is 0 Å². The van der Waals surface area contributed by atoms with Crippen LogP contribution in [-0.4, -0.2) is 23.2 Å². The van der Waals surface area contributed by atoms with Crippen molar-refractivity contribution in [2.45, 2.75) is 0 Å². The van der Waals surface area contributed by atoms with Crippen molar-refractivity contribution in [2.75, 3.05) is 18.5 Å². The number of benzene rings is 1. The molecule has 3 rings (SSSR count). The molecule has 5 nitrogen and oxygen atoms in total. The number of fused-ring (bicyclic) bond motifs is 1. The van der Waals surface area contributed by atoms with Crippen LogP contribution >= 0.6 is 15.9 Å². The zero-order chi connectivity index (χ0) is 12.4. The van der Waals surface area contributed by atoms with E-state index < -0.39 is 0 Å². The molecule has 1 aliphatic heterocycles. The summed E-state index contributed by atoms with van der Waals surface area (Å²) in [6.45, 7) is 1.17. The van der Waals surface area contributed by atoms with Crippen LogP contribution in [0.25, 0.3) is 0 Å². The van der Waals surface area contributed by atoms with Crippen molar-refractivity contribution in [3.63, 3.8) is 0 Å². The second kappa shape index (κ2) is 4.81. The van der Waals surface area contributed by atoms with E-state index in [1.54, 1.807) is 12.4 Å². The molecule has 0 aliphatic carbocycles. The number of nitrogens with one attached hydrogen (secondary N) is 1. The van der Waals surface area contributed by atoms with Crippen LogP contribution < -0.4 is 14.8 Å². The molecule has 0 bridgehead atoms. The van der Waals surface area contributed by atoms with Crippen LogP contribution in [0.1, 0.15) is 0 Å². The van der Waals surface area contributed by atoms with E-state index in [9.17, 15) is 0 Å². The van der Waals surface area contributed by atoms with E-state index in [4.69, 9.17) is 9.47 Å². The lowest BCUT2D eigenvalue weighted by Gasteiger charge is -2.19. The predicted molar refractivity (Wildman–Crippen MR) is 70.4 cm³/mol. The van der Waals surface area contributed by atoms with Gasteiger partial charge >= 0.3 is 0 Å². The van der Waals surface area contributed by atoms with Crippen molar-refractivity contribution >= 4 is 27.4 Å². The molecule has 0 unspecified atom stereocenters. The molecule has 1 aromatic heterocycles. The highest BCUT2D eigenvalue weighted by atomic mass is 79.9. The average Bonchev–Trinajstić information content (AvgIpc) is 2.39. The Balaban J connectivity index is 1.85. The molecule has 6 heteroatoms. The van der Waals surface area contributed by atoms with Gasteiger partial charge in [-0.3, -0.25) is 4.98 Å². The van der Waals surface area contributed by atoms with E-state index in [1.165, 1.54) is 0 Å². The molecule has 0 atom stereocenters. The van der Waals surface area contributed by atoms with Crippen molar-refractivity contribution in [2.24, 2.45) is 0 Å². The molecule has 0 amide bonds. The molecule has 2 aromatic rings. The Labute approximate surface area is 112 Å². The summed E-state index contributed by atoms with van der Waals surface area (Å²) in [6.07, 6.45) is 3.29. The number of aromatic nitrogens is 2. The van der Waals surface area contributed by atoms with Crippen LogP contribution in [0.3, 0.4) is 0 Å². The summed E-state index contributed by atoms with van der Waals surface area (Å²) in [5.74, 6) is 2.18. The minimum atomic E-state index is 0.577. The summed E-state index contributed by atoms with van der Waals surface area (Å²) >= 11 is 3.28. The van der Waals surface area contributed by atoms with E-state index in [1.807, 2.05) is 18.2 Å². The van der Waals surface area contributed by atoms with Crippen molar-refractivity contribution < 1.29 is 9.47 Å². The van der Waals surface area contributed by atoms with Crippen LogP contribution in [0.15, 0.2) is 35.2 Å². The van der Waals surface area contributed by atoms with Crippen LogP contribution in [0.4, 0.5) is 11.5 Å². The minimum Gasteiger partial charge on any atom is -0.486 e. The number of anilines is 2. The first-order chi connectivity index (χ1) is 8.81. The minimum absolute atomic E-state index is 0.577. The third-order valence-corrected chi connectivity index (χ3v) is 2.80. The van der Waals surface area contributed by atoms with Gasteiger partial charge < -0.3 is 14.8 Å². The fourth-order valence-corrected chi connectivity index (χ4v) is 1.98. The van der Waals surface area contributed by atoms with Gasteiger partial charge in [0.1, 0.15) is 23.6 Å². The molecule has 1 N–H and O–H groups in total. The lowest BCUT2D eigenvalue weighted by atomic mass is 10.2. The van der Waals surface area contributed by atoms with Gasteiger partial charge in [0.2, 0.25) is 0 Å². The molecule has 92 valence electrons. The first-order valence-corrected chi connectivity index (χ1v) is 6.25. The van der Waals surface area contributed by atoms with Crippen molar-refractivity contribution in [1.82, 2.24) is 9.97 Å². The van der Waals surface area contributed by atoms with Crippen molar-refractivity contribution in [3.8, 4) is 11.5 Å². The lowest BCUT2D eigenvalue weighted by molar-refractivity contribution is 0.171. The summed E-state index contributed by atoms with van der Waals surface area (Å²) < 4.78 is 11.7. The highest BCUT2D eigenvalue weighted by Crippen LogP contribution is 2.33. The molecule has 1 aliphatic rings. The molecule has 2 heterocycles. The third kappa shape index (κ3) is 2.38. The Morgan fingerprint density at radius 3 is 2.78 bits per heavy atom. The largest absolute Gasteiger partial charge is 0.486 e. The van der Waals surface area contributed by atoms with Crippen LogP contribution in [0.5, 0.6) is 11.5 Å². The first kappa shape index (κ1) is 11.3. The maximum Gasteiger partial charge on any atom is 0.163 e. The molecule has 0 fully saturated rings. The quantitative estimate of drug-likeness (QED) is 0.924. The maximum absolute atomic E-state index is 5.52. The third-order valence-electron chi connectivity index (χ3n) is 2.42. The van der Waals surface area contributed by atoms with Gasteiger partial charge in [0.15, 0.2) is 11.5 Å². The zero-order valence-electron chi connectivity index (χ0n) is 9.39. The molecule has 1 aromatic carbocycles. The Kier molecular flexibility index (Phi) is 3.02. The highest BCUT2D eigenvalue weighted by Gasteiger charge is 2.11. The number of ether oxygens (including phenoxy) is 2. The van der Waals surface area contributed by atoms with Crippen molar-refractivity contribution in [1.29, 1.82) is 0 Å². The fraction of sp³-hybridized carbons (Fsp3) is 0.167. The van der Waals surface area contributed by atoms with Crippen LogP contribution in [0.2, 0.25) is 0 Å². The number of hydrogen-bond donors (Lipinski definition) is 1. The normalized spacial score (nSPS) is 13.2. The summed E-state index contributed by atoms with van der Waals surface area (Å²) in [5, 5.41) is 3.16. The molecule has 0 radical (unpaired) electrons. The molecule has 0 saturated carbocycles. The Morgan fingerprint density at radius 1 is 1.11 bits per heavy atom. The van der Waals surface area contributed by atoms with E-state index in [0.29, 0.717) is 23.6 Å². The summed E-state index contributed by atoms with van der Waals surface area (Å²) in [7, 11) is 0. The van der Waals surface area contributed by atoms with Gasteiger partial charge in [-0.1, -0.05) is 0 Å². The standard InChI is InChI=1S/C12H10BrN3O2/c13-11-6-14-7-12(16-11)15-8-1-2-9-10(5-8)18-4-3-17-9/h1-2,5-7H,3-4H2,(H,15,16). The Hall–Kier alpha value is -1.82. The summed E-state index contributed by atoms with van der Waals surface area (Å²) in [4.78, 5) is 8.29. The van der Waals surface area contributed by atoms with Gasteiger partial charge in [0.05, 0.1) is 12.4 Å². The first-order valence-electron chi connectivity index (χ1n) is 5.45. The molecule has 0 saturated heterocycles. The second-order valence-electron chi connectivity index (χ2n) is 3.71. The predicted octanol–water partition coefficient (Wildman–Crippen LogP) is 2.75. The second-order valence-corrected chi connectivity index (χ2v) is 4.52. The van der Waals surface area contributed by atoms with Gasteiger partial charge in [-0.05, 0) is 28.1 Å². The fourth-order valence-electron chi connectivity index (χ4n) is 1.67. The summed E-state index contributed by atoms with van der Waals surface area (Å²) in [5.41, 5.74) is 0.881. The number of nitrogens with zero attached hydrogens (tertiary/aromatic N) is 2. The SMILES string of the molecule is Brc1cncc(Nc2ccc3c(c2)OCCO3)n1. The highest BCUT2D eigenvalue weighted by molar-refractivity contribution is 9.10. The van der Waals surface area contributed by atoms with E-state index in [2.05, 4.69) is 31.2 Å². The molecule has 0 spiro atoms. The molecular weight excluding hydrogens is 298 g/mol. The Morgan fingerprint density at radius 2 is 1.94 bits per heavy atom. The molecular formula is C12H10BrN3O2. The van der Waals surface area contributed by atoms with Crippen molar-refractivity contribution in [3.05, 3.63) is 35.2 Å². The Bertz CT molecular complexity index is 577. The van der Waals surface area contributed by atoms with Gasteiger partial charge in [-0.15, -0.1) is 0 Å². The summed E-state index contributed by atoms with van der Waals surface area (Å²) in [6, 6.07) is 5.68. The number of halogens is 1. The number of hydrogen-bond acceptors (Lipinski definition) is 5. The monoisotopic (exact) mass is 307 g/mol. The van der Waals surface area contributed by atoms with Gasteiger partial charge in [0.25, 0.3) is 0 Å². The van der Waals surface area contributed by atoms with Gasteiger partial charge in [0, 0.05) is 11.8 Å². The lowest BCUT2D eigenvalue weighted by Crippen LogP contribution is -2.15. The van der Waals surface area contributed by atoms with E-state index in [0.717, 1.165) is 17.2 Å². The van der Waals surface area contributed by atoms with E-state index >= 15 is 0 Å². The van der Waals surface area contributed by atoms with Crippen LogP contribution in [0, 0.1) is 0 Å². The average molecular weight is 308 g/mol. The van der Waals surface area contributed by atoms with Gasteiger partial charge in [-0.2, -0.15) is 0 Å². The zero-order valence-corrected chi connectivity index (χ0v) is 11.0. The maximum atomic E-state index is 5.52. The number of rotatable bonds is 2. The smallest absolute Gasteiger partial charge is 0.163 e. The van der Waals surface area contributed by atoms with Crippen LogP contribution in [-0.2, 0) is 0 Å². The topological polar surface area (TPSA) is 56.3 Å².